The molecule has 5 heteroatoms. The summed E-state index contributed by atoms with van der Waals surface area (Å²) < 4.78 is 10.2. The second-order valence-corrected chi connectivity index (χ2v) is 4.70. The summed E-state index contributed by atoms with van der Waals surface area (Å²) in [7, 11) is 0. The molecule has 3 rings (SSSR count). The number of ketones is 1. The Kier molecular flexibility index (Phi) is 3.46. The molecule has 2 heterocycles. The van der Waals surface area contributed by atoms with Gasteiger partial charge in [0.15, 0.2) is 11.0 Å². The van der Waals surface area contributed by atoms with Crippen molar-refractivity contribution in [2.45, 2.75) is 0 Å². The molecule has 0 fully saturated rings. The maximum Gasteiger partial charge on any atom is 0.347 e. The minimum Gasteiger partial charge on any atom is -0.445 e. The van der Waals surface area contributed by atoms with Gasteiger partial charge in [-0.15, -0.1) is 0 Å². The van der Waals surface area contributed by atoms with E-state index in [1.165, 1.54) is 18.2 Å². The molecule has 4 nitrogen and oxygen atoms in total. The Bertz CT molecular complexity index is 902. The summed E-state index contributed by atoms with van der Waals surface area (Å²) in [4.78, 5) is 23.9. The Morgan fingerprint density at radius 3 is 2.67 bits per heavy atom. The highest BCUT2D eigenvalue weighted by Gasteiger charge is 2.11. The van der Waals surface area contributed by atoms with Crippen LogP contribution >= 0.6 is 11.6 Å². The van der Waals surface area contributed by atoms with Gasteiger partial charge in [-0.1, -0.05) is 18.2 Å². The van der Waals surface area contributed by atoms with Crippen LogP contribution < -0.4 is 5.63 Å². The molecule has 0 aliphatic rings. The van der Waals surface area contributed by atoms with Gasteiger partial charge >= 0.3 is 5.63 Å². The van der Waals surface area contributed by atoms with E-state index in [1.54, 1.807) is 36.4 Å². The molecule has 0 unspecified atom stereocenters. The highest BCUT2D eigenvalue weighted by Crippen LogP contribution is 2.16. The zero-order chi connectivity index (χ0) is 14.8. The van der Waals surface area contributed by atoms with Gasteiger partial charge in [-0.3, -0.25) is 4.79 Å². The van der Waals surface area contributed by atoms with E-state index in [-0.39, 0.29) is 10.8 Å². The van der Waals surface area contributed by atoms with Crippen LogP contribution in [0.2, 0.25) is 5.22 Å². The van der Waals surface area contributed by atoms with Gasteiger partial charge in [-0.05, 0) is 48.0 Å². The van der Waals surface area contributed by atoms with E-state index in [1.807, 2.05) is 0 Å². The van der Waals surface area contributed by atoms with Crippen molar-refractivity contribution >= 4 is 34.4 Å². The lowest BCUT2D eigenvalue weighted by atomic mass is 10.1. The highest BCUT2D eigenvalue weighted by atomic mass is 35.5. The molecule has 0 amide bonds. The number of para-hydroxylation sites is 1. The first-order valence-electron chi connectivity index (χ1n) is 6.14. The molecule has 0 atom stereocenters. The van der Waals surface area contributed by atoms with Crippen molar-refractivity contribution in [3.05, 3.63) is 75.5 Å². The van der Waals surface area contributed by atoms with Crippen LogP contribution in [-0.4, -0.2) is 5.78 Å². The molecule has 0 bridgehead atoms. The van der Waals surface area contributed by atoms with Gasteiger partial charge in [-0.25, -0.2) is 4.79 Å². The molecule has 3 aromatic rings. The van der Waals surface area contributed by atoms with Gasteiger partial charge in [0, 0.05) is 5.39 Å². The smallest absolute Gasteiger partial charge is 0.347 e. The SMILES string of the molecule is O=C(/C=C/c1ccc(Cl)o1)c1cc2ccccc2oc1=O. The fourth-order valence-corrected chi connectivity index (χ4v) is 2.05. The van der Waals surface area contributed by atoms with E-state index in [2.05, 4.69) is 0 Å². The van der Waals surface area contributed by atoms with E-state index in [0.717, 1.165) is 0 Å². The lowest BCUT2D eigenvalue weighted by Gasteiger charge is -1.98. The van der Waals surface area contributed by atoms with Crippen molar-refractivity contribution in [3.63, 3.8) is 0 Å². The number of carbonyl (C=O) groups is 1. The molecule has 104 valence electrons. The molecule has 1 aromatic carbocycles. The fourth-order valence-electron chi connectivity index (χ4n) is 1.90. The van der Waals surface area contributed by atoms with Crippen LogP contribution in [0.1, 0.15) is 16.1 Å². The Labute approximate surface area is 124 Å². The predicted octanol–water partition coefficient (Wildman–Crippen LogP) is 3.94. The number of rotatable bonds is 3. The number of furan rings is 1. The van der Waals surface area contributed by atoms with Crippen LogP contribution in [0, 0.1) is 0 Å². The third-order valence-corrected chi connectivity index (χ3v) is 3.10. The molecule has 2 aromatic heterocycles. The molecule has 0 N–H and O–H groups in total. The average molecular weight is 301 g/mol. The summed E-state index contributed by atoms with van der Waals surface area (Å²) in [5.41, 5.74) is -0.246. The molecule has 0 spiro atoms. The van der Waals surface area contributed by atoms with E-state index in [9.17, 15) is 9.59 Å². The zero-order valence-corrected chi connectivity index (χ0v) is 11.5. The van der Waals surface area contributed by atoms with E-state index in [4.69, 9.17) is 20.4 Å². The van der Waals surface area contributed by atoms with Gasteiger partial charge in [0.05, 0.1) is 0 Å². The van der Waals surface area contributed by atoms with E-state index in [0.29, 0.717) is 16.7 Å². The van der Waals surface area contributed by atoms with Gasteiger partial charge in [0.1, 0.15) is 16.9 Å². The maximum atomic E-state index is 12.1. The van der Waals surface area contributed by atoms with Crippen molar-refractivity contribution in [3.8, 4) is 0 Å². The Morgan fingerprint density at radius 2 is 1.90 bits per heavy atom. The summed E-state index contributed by atoms with van der Waals surface area (Å²) in [5, 5.41) is 0.919. The lowest BCUT2D eigenvalue weighted by Crippen LogP contribution is -2.11. The molecular formula is C16H9ClO4. The van der Waals surface area contributed by atoms with Crippen LogP contribution in [0.3, 0.4) is 0 Å². The molecule has 0 aliphatic carbocycles. The number of allylic oxidation sites excluding steroid dienone is 1. The maximum absolute atomic E-state index is 12.1. The first kappa shape index (κ1) is 13.4. The second kappa shape index (κ2) is 5.42. The van der Waals surface area contributed by atoms with Gasteiger partial charge in [0.25, 0.3) is 0 Å². The van der Waals surface area contributed by atoms with Crippen LogP contribution in [0.4, 0.5) is 0 Å². The summed E-state index contributed by atoms with van der Waals surface area (Å²) in [6.07, 6.45) is 2.69. The number of hydrogen-bond donors (Lipinski definition) is 0. The number of carbonyl (C=O) groups excluding carboxylic acids is 1. The highest BCUT2D eigenvalue weighted by molar-refractivity contribution is 6.28. The third kappa shape index (κ3) is 2.80. The standard InChI is InChI=1S/C16H9ClO4/c17-15-8-6-11(20-15)5-7-13(18)12-9-10-3-1-2-4-14(10)21-16(12)19/h1-9H/b7-5+. The van der Waals surface area contributed by atoms with Gasteiger partial charge in [-0.2, -0.15) is 0 Å². The molecule has 0 saturated heterocycles. The normalized spacial score (nSPS) is 11.3. The predicted molar refractivity (Wildman–Crippen MR) is 79.6 cm³/mol. The first-order chi connectivity index (χ1) is 10.1. The summed E-state index contributed by atoms with van der Waals surface area (Å²) in [6.45, 7) is 0. The number of hydrogen-bond acceptors (Lipinski definition) is 4. The van der Waals surface area contributed by atoms with Crippen LogP contribution in [0.5, 0.6) is 0 Å². The molecule has 0 radical (unpaired) electrons. The monoisotopic (exact) mass is 300 g/mol. The van der Waals surface area contributed by atoms with Crippen molar-refractivity contribution in [2.75, 3.05) is 0 Å². The number of halogens is 1. The summed E-state index contributed by atoms with van der Waals surface area (Å²) in [5.74, 6) is -0.0273. The number of fused-ring (bicyclic) bond motifs is 1. The fraction of sp³-hybridized carbons (Fsp3) is 0. The topological polar surface area (TPSA) is 60.4 Å². The Balaban J connectivity index is 1.96. The molecule has 0 aliphatic heterocycles. The van der Waals surface area contributed by atoms with Crippen molar-refractivity contribution in [1.29, 1.82) is 0 Å². The van der Waals surface area contributed by atoms with E-state index >= 15 is 0 Å². The molecule has 0 saturated carbocycles. The number of benzene rings is 1. The van der Waals surface area contributed by atoms with Crippen LogP contribution in [-0.2, 0) is 0 Å². The zero-order valence-electron chi connectivity index (χ0n) is 10.7. The largest absolute Gasteiger partial charge is 0.445 e. The minimum absolute atomic E-state index is 0.0254. The van der Waals surface area contributed by atoms with Gasteiger partial charge < -0.3 is 8.83 Å². The van der Waals surface area contributed by atoms with Crippen molar-refractivity contribution in [1.82, 2.24) is 0 Å². The Hall–Kier alpha value is -2.59. The van der Waals surface area contributed by atoms with Gasteiger partial charge in [0.2, 0.25) is 0 Å². The quantitative estimate of drug-likeness (QED) is 0.417. The summed E-state index contributed by atoms with van der Waals surface area (Å²) >= 11 is 5.63. The van der Waals surface area contributed by atoms with Crippen molar-refractivity contribution in [2.24, 2.45) is 0 Å². The van der Waals surface area contributed by atoms with E-state index < -0.39 is 11.4 Å². The van der Waals surface area contributed by atoms with Crippen molar-refractivity contribution < 1.29 is 13.6 Å². The second-order valence-electron chi connectivity index (χ2n) is 4.32. The third-order valence-electron chi connectivity index (χ3n) is 2.90. The lowest BCUT2D eigenvalue weighted by molar-refractivity contribution is 0.104. The summed E-state index contributed by atoms with van der Waals surface area (Å²) in [6, 6.07) is 11.7. The minimum atomic E-state index is -0.666. The van der Waals surface area contributed by atoms with Crippen LogP contribution in [0.25, 0.3) is 17.0 Å². The van der Waals surface area contributed by atoms with Crippen LogP contribution in [0.15, 0.2) is 62.2 Å². The molecular weight excluding hydrogens is 292 g/mol. The first-order valence-corrected chi connectivity index (χ1v) is 6.52. The molecule has 21 heavy (non-hydrogen) atoms. The Morgan fingerprint density at radius 1 is 1.10 bits per heavy atom. The average Bonchev–Trinajstić information content (AvgIpc) is 2.89.